The number of nitrogens with one attached hydrogen (secondary N) is 1. The first kappa shape index (κ1) is 29.6. The zero-order valence-electron chi connectivity index (χ0n) is 22.1. The van der Waals surface area contributed by atoms with E-state index < -0.39 is 28.5 Å². The minimum atomic E-state index is -4.06. The molecule has 0 saturated heterocycles. The molecule has 0 unspecified atom stereocenters. The topological polar surface area (TPSA) is 86.8 Å². The second-order valence-corrected chi connectivity index (χ2v) is 12.7. The van der Waals surface area contributed by atoms with E-state index in [2.05, 4.69) is 27.9 Å². The molecule has 0 aromatic heterocycles. The fourth-order valence-electron chi connectivity index (χ4n) is 3.86. The van der Waals surface area contributed by atoms with Crippen molar-refractivity contribution < 1.29 is 18.0 Å². The number of aryl methyl sites for hydroxylation is 1. The number of hydrogen-bond donors (Lipinski definition) is 1. The van der Waals surface area contributed by atoms with Gasteiger partial charge in [-0.05, 0) is 89.9 Å². The van der Waals surface area contributed by atoms with Crippen LogP contribution in [0.4, 0.5) is 5.69 Å². The molecule has 0 aliphatic heterocycles. The van der Waals surface area contributed by atoms with Gasteiger partial charge in [0.05, 0.1) is 10.6 Å². The van der Waals surface area contributed by atoms with Crippen LogP contribution in [0.2, 0.25) is 0 Å². The van der Waals surface area contributed by atoms with Crippen LogP contribution in [0.5, 0.6) is 0 Å². The van der Waals surface area contributed by atoms with Crippen LogP contribution in [-0.4, -0.2) is 44.3 Å². The highest BCUT2D eigenvalue weighted by Crippen LogP contribution is 2.25. The van der Waals surface area contributed by atoms with E-state index in [0.29, 0.717) is 12.2 Å². The van der Waals surface area contributed by atoms with Crippen LogP contribution in [0.15, 0.2) is 83.8 Å². The summed E-state index contributed by atoms with van der Waals surface area (Å²) in [5.41, 5.74) is 2.23. The van der Waals surface area contributed by atoms with E-state index in [1.54, 1.807) is 49.4 Å². The summed E-state index contributed by atoms with van der Waals surface area (Å²) in [5.74, 6) is -0.509. The SMILES string of the molecule is Cc1ccccc1CN(C(=O)CN(c1ccc(I)cc1)S(=O)(=O)c1ccccc1)[C@@H](C)C(=O)NCC(C)C. The molecular weight excluding hydrogens is 613 g/mol. The van der Waals surface area contributed by atoms with Crippen LogP contribution in [-0.2, 0) is 26.2 Å². The minimum Gasteiger partial charge on any atom is -0.354 e. The molecule has 2 amide bonds. The zero-order chi connectivity index (χ0) is 27.9. The van der Waals surface area contributed by atoms with Crippen LogP contribution in [0.1, 0.15) is 31.9 Å². The summed E-state index contributed by atoms with van der Waals surface area (Å²) in [6.07, 6.45) is 0. The van der Waals surface area contributed by atoms with Crippen LogP contribution >= 0.6 is 22.6 Å². The van der Waals surface area contributed by atoms with Gasteiger partial charge in [-0.3, -0.25) is 13.9 Å². The lowest BCUT2D eigenvalue weighted by Gasteiger charge is -2.32. The average Bonchev–Trinajstić information content (AvgIpc) is 2.90. The molecule has 1 atom stereocenters. The molecule has 3 aromatic rings. The van der Waals surface area contributed by atoms with Crippen molar-refractivity contribution in [2.45, 2.75) is 45.2 Å². The van der Waals surface area contributed by atoms with Gasteiger partial charge in [0.2, 0.25) is 11.8 Å². The van der Waals surface area contributed by atoms with E-state index in [1.165, 1.54) is 17.0 Å². The summed E-state index contributed by atoms with van der Waals surface area (Å²) in [7, 11) is -4.06. The quantitative estimate of drug-likeness (QED) is 0.298. The molecule has 0 radical (unpaired) electrons. The Morgan fingerprint density at radius 2 is 1.50 bits per heavy atom. The second-order valence-electron chi connectivity index (χ2n) is 9.56. The van der Waals surface area contributed by atoms with E-state index in [1.807, 2.05) is 45.0 Å². The second kappa shape index (κ2) is 13.2. The predicted molar refractivity (Wildman–Crippen MR) is 159 cm³/mol. The van der Waals surface area contributed by atoms with Crippen LogP contribution in [0.3, 0.4) is 0 Å². The number of benzene rings is 3. The fraction of sp³-hybridized carbons (Fsp3) is 0.310. The van der Waals surface area contributed by atoms with Gasteiger partial charge in [-0.1, -0.05) is 56.3 Å². The van der Waals surface area contributed by atoms with Crippen molar-refractivity contribution >= 4 is 50.1 Å². The predicted octanol–water partition coefficient (Wildman–Crippen LogP) is 4.98. The number of amides is 2. The molecule has 38 heavy (non-hydrogen) atoms. The molecule has 1 N–H and O–H groups in total. The van der Waals surface area contributed by atoms with Crippen LogP contribution in [0, 0.1) is 16.4 Å². The minimum absolute atomic E-state index is 0.0829. The van der Waals surface area contributed by atoms with E-state index >= 15 is 0 Å². The summed E-state index contributed by atoms with van der Waals surface area (Å²) in [4.78, 5) is 28.5. The number of anilines is 1. The third-order valence-corrected chi connectivity index (χ3v) is 8.69. The molecule has 7 nitrogen and oxygen atoms in total. The normalized spacial score (nSPS) is 12.2. The molecule has 3 rings (SSSR count). The van der Waals surface area contributed by atoms with Gasteiger partial charge in [0.25, 0.3) is 10.0 Å². The highest BCUT2D eigenvalue weighted by Gasteiger charge is 2.32. The first-order valence-electron chi connectivity index (χ1n) is 12.5. The first-order valence-corrected chi connectivity index (χ1v) is 15.0. The maximum atomic E-state index is 13.9. The van der Waals surface area contributed by atoms with Crippen molar-refractivity contribution in [2.75, 3.05) is 17.4 Å². The lowest BCUT2D eigenvalue weighted by atomic mass is 10.1. The summed E-state index contributed by atoms with van der Waals surface area (Å²) in [6.45, 7) is 7.81. The molecule has 0 saturated carbocycles. The molecule has 0 heterocycles. The molecule has 3 aromatic carbocycles. The van der Waals surface area contributed by atoms with E-state index in [4.69, 9.17) is 0 Å². The summed E-state index contributed by atoms with van der Waals surface area (Å²) in [5, 5.41) is 2.90. The maximum absolute atomic E-state index is 13.9. The molecule has 0 fully saturated rings. The number of hydrogen-bond acceptors (Lipinski definition) is 4. The van der Waals surface area contributed by atoms with Gasteiger partial charge >= 0.3 is 0 Å². The third-order valence-electron chi connectivity index (χ3n) is 6.18. The molecular formula is C29H34IN3O4S. The molecule has 9 heteroatoms. The Morgan fingerprint density at radius 3 is 2.11 bits per heavy atom. The Kier molecular flexibility index (Phi) is 10.3. The zero-order valence-corrected chi connectivity index (χ0v) is 25.1. The molecule has 0 aliphatic rings. The lowest BCUT2D eigenvalue weighted by Crippen LogP contribution is -2.51. The highest BCUT2D eigenvalue weighted by molar-refractivity contribution is 14.1. The summed E-state index contributed by atoms with van der Waals surface area (Å²) >= 11 is 2.14. The van der Waals surface area contributed by atoms with E-state index in [-0.39, 0.29) is 23.3 Å². The molecule has 0 bridgehead atoms. The fourth-order valence-corrected chi connectivity index (χ4v) is 5.66. The Bertz CT molecular complexity index is 1350. The first-order chi connectivity index (χ1) is 18.0. The monoisotopic (exact) mass is 647 g/mol. The van der Waals surface area contributed by atoms with E-state index in [9.17, 15) is 18.0 Å². The number of sulfonamides is 1. The van der Waals surface area contributed by atoms with Gasteiger partial charge < -0.3 is 10.2 Å². The average molecular weight is 648 g/mol. The van der Waals surface area contributed by atoms with Gasteiger partial charge in [-0.2, -0.15) is 0 Å². The van der Waals surface area contributed by atoms with Crippen LogP contribution < -0.4 is 9.62 Å². The lowest BCUT2D eigenvalue weighted by molar-refractivity contribution is -0.139. The summed E-state index contributed by atoms with van der Waals surface area (Å²) in [6, 6.07) is 21.8. The number of carbonyl (C=O) groups excluding carboxylic acids is 2. The van der Waals surface area contributed by atoms with Gasteiger partial charge in [0.15, 0.2) is 0 Å². The molecule has 0 aliphatic carbocycles. The van der Waals surface area contributed by atoms with Crippen LogP contribution in [0.25, 0.3) is 0 Å². The van der Waals surface area contributed by atoms with Gasteiger partial charge in [-0.25, -0.2) is 8.42 Å². The third kappa shape index (κ3) is 7.57. The van der Waals surface area contributed by atoms with Crippen molar-refractivity contribution in [2.24, 2.45) is 5.92 Å². The standard InChI is InChI=1S/C29H34IN3O4S/c1-21(2)18-31-29(35)23(4)32(19-24-11-9-8-10-22(24)3)28(34)20-33(26-16-14-25(30)15-17-26)38(36,37)27-12-6-5-7-13-27/h5-17,21,23H,18-20H2,1-4H3,(H,31,35)/t23-/m0/s1. The Hall–Kier alpha value is -2.92. The summed E-state index contributed by atoms with van der Waals surface area (Å²) < 4.78 is 29.5. The van der Waals surface area contributed by atoms with Gasteiger partial charge in [0, 0.05) is 16.7 Å². The number of rotatable bonds is 11. The highest BCUT2D eigenvalue weighted by atomic mass is 127. The number of carbonyl (C=O) groups is 2. The Morgan fingerprint density at radius 1 is 0.895 bits per heavy atom. The maximum Gasteiger partial charge on any atom is 0.264 e. The Labute approximate surface area is 239 Å². The molecule has 0 spiro atoms. The van der Waals surface area contributed by atoms with Crippen molar-refractivity contribution in [3.8, 4) is 0 Å². The van der Waals surface area contributed by atoms with Crippen molar-refractivity contribution in [1.29, 1.82) is 0 Å². The van der Waals surface area contributed by atoms with Crippen molar-refractivity contribution in [3.63, 3.8) is 0 Å². The molecule has 202 valence electrons. The number of nitrogens with zero attached hydrogens (tertiary/aromatic N) is 2. The Balaban J connectivity index is 2.00. The number of halogens is 1. The van der Waals surface area contributed by atoms with E-state index in [0.717, 1.165) is 19.0 Å². The van der Waals surface area contributed by atoms with Crippen molar-refractivity contribution in [3.05, 3.63) is 93.6 Å². The largest absolute Gasteiger partial charge is 0.354 e. The van der Waals surface area contributed by atoms with Crippen molar-refractivity contribution in [1.82, 2.24) is 10.2 Å². The van der Waals surface area contributed by atoms with Gasteiger partial charge in [-0.15, -0.1) is 0 Å². The smallest absolute Gasteiger partial charge is 0.264 e. The van der Waals surface area contributed by atoms with Gasteiger partial charge in [0.1, 0.15) is 12.6 Å².